The van der Waals surface area contributed by atoms with Crippen molar-refractivity contribution in [2.75, 3.05) is 6.61 Å². The normalized spacial score (nSPS) is 21.1. The van der Waals surface area contributed by atoms with E-state index >= 15 is 0 Å². The van der Waals surface area contributed by atoms with Gasteiger partial charge in [0, 0.05) is 12.8 Å². The van der Waals surface area contributed by atoms with Crippen molar-refractivity contribution in [3.8, 4) is 0 Å². The predicted molar refractivity (Wildman–Crippen MR) is 105 cm³/mol. The van der Waals surface area contributed by atoms with Gasteiger partial charge in [-0.05, 0) is 63.4 Å². The Balaban J connectivity index is 2.25. The van der Waals surface area contributed by atoms with E-state index in [0.29, 0.717) is 30.6 Å². The number of hydrogen-bond acceptors (Lipinski definition) is 3. The lowest BCUT2D eigenvalue weighted by atomic mass is 9.91. The zero-order valence-electron chi connectivity index (χ0n) is 16.3. The number of rotatable bonds is 13. The summed E-state index contributed by atoms with van der Waals surface area (Å²) >= 11 is 0. The molecule has 0 saturated heterocycles. The predicted octanol–water partition coefficient (Wildman–Crippen LogP) is 6.49. The molecule has 1 aliphatic carbocycles. The first-order chi connectivity index (χ1) is 12.2. The van der Waals surface area contributed by atoms with Crippen LogP contribution in [0, 0.1) is 11.8 Å². The van der Waals surface area contributed by atoms with E-state index in [1.807, 2.05) is 13.0 Å². The molecule has 1 N–H and O–H groups in total. The van der Waals surface area contributed by atoms with Crippen molar-refractivity contribution in [1.29, 1.82) is 0 Å². The van der Waals surface area contributed by atoms with Crippen LogP contribution in [0.3, 0.4) is 0 Å². The molecule has 0 aromatic heterocycles. The fourth-order valence-corrected chi connectivity index (χ4v) is 3.63. The molecule has 1 saturated carbocycles. The Kier molecular flexibility index (Phi) is 12.2. The molecule has 0 aromatic rings. The second kappa shape index (κ2) is 14.0. The van der Waals surface area contributed by atoms with Gasteiger partial charge >= 0.3 is 5.97 Å². The summed E-state index contributed by atoms with van der Waals surface area (Å²) in [6, 6.07) is 0. The Morgan fingerprint density at radius 3 is 2.72 bits per heavy atom. The summed E-state index contributed by atoms with van der Waals surface area (Å²) in [7, 11) is 0. The third-order valence-corrected chi connectivity index (χ3v) is 5.07. The van der Waals surface area contributed by atoms with Gasteiger partial charge in [-0.1, -0.05) is 44.8 Å². The summed E-state index contributed by atoms with van der Waals surface area (Å²) in [4.78, 5) is 11.3. The second-order valence-electron chi connectivity index (χ2n) is 7.23. The Morgan fingerprint density at radius 2 is 1.96 bits per heavy atom. The minimum absolute atomic E-state index is 0.143. The summed E-state index contributed by atoms with van der Waals surface area (Å²) < 4.78 is 4.91. The molecule has 0 spiro atoms. The Morgan fingerprint density at radius 1 is 1.12 bits per heavy atom. The minimum atomic E-state index is -0.143. The average molecular weight is 351 g/mol. The van der Waals surface area contributed by atoms with Crippen LogP contribution in [-0.2, 0) is 9.53 Å². The quantitative estimate of drug-likeness (QED) is 0.179. The number of unbranched alkanes of at least 4 members (excludes halogenated alkanes) is 5. The zero-order valence-corrected chi connectivity index (χ0v) is 16.3. The largest absolute Gasteiger partial charge is 0.513 e. The van der Waals surface area contributed by atoms with E-state index in [-0.39, 0.29) is 5.97 Å². The van der Waals surface area contributed by atoms with E-state index in [4.69, 9.17) is 4.74 Å². The van der Waals surface area contributed by atoms with Crippen LogP contribution in [0.4, 0.5) is 0 Å². The maximum atomic E-state index is 11.3. The van der Waals surface area contributed by atoms with Crippen molar-refractivity contribution >= 4 is 5.97 Å². The van der Waals surface area contributed by atoms with Crippen LogP contribution >= 0.6 is 0 Å². The molecule has 25 heavy (non-hydrogen) atoms. The third kappa shape index (κ3) is 10.4. The van der Waals surface area contributed by atoms with Crippen molar-refractivity contribution in [1.82, 2.24) is 0 Å². The van der Waals surface area contributed by atoms with Crippen LogP contribution in [0.15, 0.2) is 24.0 Å². The number of carbonyl (C=O) groups is 1. The van der Waals surface area contributed by atoms with Crippen LogP contribution in [-0.4, -0.2) is 17.7 Å². The molecule has 0 radical (unpaired) electrons. The van der Waals surface area contributed by atoms with Gasteiger partial charge in [-0.2, -0.15) is 0 Å². The van der Waals surface area contributed by atoms with E-state index in [1.54, 1.807) is 0 Å². The Hall–Kier alpha value is -1.25. The molecular weight excluding hydrogens is 312 g/mol. The lowest BCUT2D eigenvalue weighted by Crippen LogP contribution is -2.06. The van der Waals surface area contributed by atoms with E-state index in [0.717, 1.165) is 19.3 Å². The second-order valence-corrected chi connectivity index (χ2v) is 7.23. The van der Waals surface area contributed by atoms with E-state index in [9.17, 15) is 9.90 Å². The summed E-state index contributed by atoms with van der Waals surface area (Å²) in [5.41, 5.74) is 0. The van der Waals surface area contributed by atoms with Gasteiger partial charge in [-0.25, -0.2) is 0 Å². The lowest BCUT2D eigenvalue weighted by molar-refractivity contribution is -0.143. The van der Waals surface area contributed by atoms with Crippen molar-refractivity contribution < 1.29 is 14.6 Å². The molecule has 0 bridgehead atoms. The first-order valence-electron chi connectivity index (χ1n) is 10.4. The number of esters is 1. The van der Waals surface area contributed by atoms with Crippen molar-refractivity contribution in [2.24, 2.45) is 11.8 Å². The molecule has 1 rings (SSSR count). The van der Waals surface area contributed by atoms with Gasteiger partial charge in [0.25, 0.3) is 0 Å². The molecule has 3 nitrogen and oxygen atoms in total. The highest BCUT2D eigenvalue weighted by Crippen LogP contribution is 2.36. The average Bonchev–Trinajstić information content (AvgIpc) is 3.02. The highest BCUT2D eigenvalue weighted by atomic mass is 16.5. The summed E-state index contributed by atoms with van der Waals surface area (Å²) in [5, 5.41) is 10.2. The maximum Gasteiger partial charge on any atom is 0.305 e. The summed E-state index contributed by atoms with van der Waals surface area (Å²) in [5.74, 6) is 1.56. The number of hydrogen-bond donors (Lipinski definition) is 1. The van der Waals surface area contributed by atoms with E-state index in [2.05, 4.69) is 19.1 Å². The molecule has 0 aromatic carbocycles. The van der Waals surface area contributed by atoms with Crippen molar-refractivity contribution in [2.45, 2.75) is 90.9 Å². The molecule has 0 heterocycles. The Labute approximate surface area is 154 Å². The highest BCUT2D eigenvalue weighted by Gasteiger charge is 2.25. The fourth-order valence-electron chi connectivity index (χ4n) is 3.63. The maximum absolute atomic E-state index is 11.3. The van der Waals surface area contributed by atoms with E-state index in [1.165, 1.54) is 51.4 Å². The van der Waals surface area contributed by atoms with Gasteiger partial charge in [-0.3, -0.25) is 4.79 Å². The molecule has 0 aliphatic heterocycles. The number of allylic oxidation sites excluding steroid dienone is 4. The molecule has 1 fully saturated rings. The van der Waals surface area contributed by atoms with Crippen molar-refractivity contribution in [3.05, 3.63) is 24.0 Å². The molecule has 0 unspecified atom stereocenters. The van der Waals surface area contributed by atoms with E-state index < -0.39 is 0 Å². The van der Waals surface area contributed by atoms with Crippen LogP contribution in [0.25, 0.3) is 0 Å². The standard InChI is InChI=1S/C22H38O3/c1-3-5-6-7-8-9-13-19-14-12-15-20(19)18-21(23)16-10-11-17-22(24)25-4-2/h9,13,16,19-20,23H,3-8,10-12,14-15,17-18H2,1-2H3/b13-9+,21-16-/t19-,20+/m0/s1. The van der Waals surface area contributed by atoms with Gasteiger partial charge in [0.15, 0.2) is 0 Å². The third-order valence-electron chi connectivity index (χ3n) is 5.07. The first-order valence-corrected chi connectivity index (χ1v) is 10.4. The van der Waals surface area contributed by atoms with Gasteiger partial charge in [-0.15, -0.1) is 0 Å². The number of carbonyl (C=O) groups excluding carboxylic acids is 1. The van der Waals surface area contributed by atoms with Gasteiger partial charge < -0.3 is 9.84 Å². The molecule has 1 aliphatic rings. The van der Waals surface area contributed by atoms with Gasteiger partial charge in [0.1, 0.15) is 0 Å². The van der Waals surface area contributed by atoms with Crippen LogP contribution in [0.5, 0.6) is 0 Å². The first kappa shape index (κ1) is 21.8. The van der Waals surface area contributed by atoms with Crippen LogP contribution in [0.1, 0.15) is 90.9 Å². The van der Waals surface area contributed by atoms with Crippen molar-refractivity contribution in [3.63, 3.8) is 0 Å². The highest BCUT2D eigenvalue weighted by molar-refractivity contribution is 5.69. The fraction of sp³-hybridized carbons (Fsp3) is 0.773. The lowest BCUT2D eigenvalue weighted by Gasteiger charge is -2.16. The molecular formula is C22H38O3. The summed E-state index contributed by atoms with van der Waals surface area (Å²) in [6.45, 7) is 4.51. The number of ether oxygens (including phenoxy) is 1. The van der Waals surface area contributed by atoms with Gasteiger partial charge in [0.2, 0.25) is 0 Å². The SMILES string of the molecule is CCCCCC/C=C/[C@H]1CCC[C@@H]1C/C(O)=C/CCCC(=O)OCC. The Bertz CT molecular complexity index is 411. The molecule has 2 atom stereocenters. The summed E-state index contributed by atoms with van der Waals surface area (Å²) in [6.07, 6.45) is 19.6. The topological polar surface area (TPSA) is 46.5 Å². The zero-order chi connectivity index (χ0) is 18.3. The minimum Gasteiger partial charge on any atom is -0.513 e. The number of aliphatic hydroxyl groups excluding tert-OH is 1. The molecule has 3 heteroatoms. The van der Waals surface area contributed by atoms with Gasteiger partial charge in [0.05, 0.1) is 12.4 Å². The molecule has 144 valence electrons. The number of aliphatic hydroxyl groups is 1. The monoisotopic (exact) mass is 350 g/mol. The smallest absolute Gasteiger partial charge is 0.305 e. The van der Waals surface area contributed by atoms with Crippen LogP contribution < -0.4 is 0 Å². The van der Waals surface area contributed by atoms with Crippen LogP contribution in [0.2, 0.25) is 0 Å². The molecule has 0 amide bonds.